The van der Waals surface area contributed by atoms with Crippen LogP contribution in [0.25, 0.3) is 11.0 Å². The van der Waals surface area contributed by atoms with E-state index in [1.165, 1.54) is 19.2 Å². The molecule has 0 aromatic carbocycles. The monoisotopic (exact) mass is 228 g/mol. The number of nitrogens with zero attached hydrogens (tertiary/aromatic N) is 4. The molecular formula is C12H12N4O. The van der Waals surface area contributed by atoms with Gasteiger partial charge in [-0.3, -0.25) is 0 Å². The third-order valence-electron chi connectivity index (χ3n) is 3.08. The third-order valence-corrected chi connectivity index (χ3v) is 3.08. The van der Waals surface area contributed by atoms with Crippen molar-refractivity contribution < 1.29 is 4.74 Å². The summed E-state index contributed by atoms with van der Waals surface area (Å²) in [5.74, 6) is 1.21. The van der Waals surface area contributed by atoms with Gasteiger partial charge in [-0.05, 0) is 18.8 Å². The summed E-state index contributed by atoms with van der Waals surface area (Å²) in [6, 6.07) is 2.18. The normalized spacial score (nSPS) is 14.8. The van der Waals surface area contributed by atoms with Crippen LogP contribution in [0, 0.1) is 17.2 Å². The summed E-state index contributed by atoms with van der Waals surface area (Å²) in [4.78, 5) is 8.30. The van der Waals surface area contributed by atoms with Crippen LogP contribution in [-0.4, -0.2) is 21.6 Å². The lowest BCUT2D eigenvalue weighted by molar-refractivity contribution is 0.402. The summed E-state index contributed by atoms with van der Waals surface area (Å²) in [5.41, 5.74) is 1.37. The van der Waals surface area contributed by atoms with Gasteiger partial charge in [0.2, 0.25) is 5.88 Å². The van der Waals surface area contributed by atoms with Crippen LogP contribution in [0.15, 0.2) is 12.5 Å². The average molecular weight is 228 g/mol. The van der Waals surface area contributed by atoms with Gasteiger partial charge in [0.25, 0.3) is 0 Å². The van der Waals surface area contributed by atoms with Gasteiger partial charge in [-0.2, -0.15) is 5.26 Å². The number of hydrogen-bond donors (Lipinski definition) is 0. The topological polar surface area (TPSA) is 63.7 Å². The Morgan fingerprint density at radius 2 is 2.35 bits per heavy atom. The van der Waals surface area contributed by atoms with E-state index in [2.05, 4.69) is 16.0 Å². The molecule has 1 aliphatic carbocycles. The number of fused-ring (bicyclic) bond motifs is 1. The highest BCUT2D eigenvalue weighted by molar-refractivity contribution is 5.87. The molecule has 1 saturated carbocycles. The maximum absolute atomic E-state index is 9.14. The molecule has 0 N–H and O–H groups in total. The minimum absolute atomic E-state index is 0.473. The minimum atomic E-state index is 0.473. The van der Waals surface area contributed by atoms with Gasteiger partial charge < -0.3 is 9.30 Å². The fourth-order valence-corrected chi connectivity index (χ4v) is 2.05. The second-order valence-corrected chi connectivity index (χ2v) is 4.33. The number of rotatable bonds is 3. The first-order valence-corrected chi connectivity index (χ1v) is 5.61. The van der Waals surface area contributed by atoms with E-state index in [9.17, 15) is 0 Å². The molecule has 86 valence electrons. The van der Waals surface area contributed by atoms with Crippen molar-refractivity contribution in [2.45, 2.75) is 19.4 Å². The minimum Gasteiger partial charge on any atom is -0.480 e. The van der Waals surface area contributed by atoms with E-state index >= 15 is 0 Å². The highest BCUT2D eigenvalue weighted by Crippen LogP contribution is 2.33. The molecule has 0 amide bonds. The lowest BCUT2D eigenvalue weighted by atomic mass is 10.2. The molecule has 17 heavy (non-hydrogen) atoms. The Morgan fingerprint density at radius 3 is 3.00 bits per heavy atom. The molecule has 5 heteroatoms. The summed E-state index contributed by atoms with van der Waals surface area (Å²) >= 11 is 0. The molecule has 0 radical (unpaired) electrons. The summed E-state index contributed by atoms with van der Waals surface area (Å²) in [7, 11) is 1.56. The fourth-order valence-electron chi connectivity index (χ4n) is 2.05. The fraction of sp³-hybridized carbons (Fsp3) is 0.417. The summed E-state index contributed by atoms with van der Waals surface area (Å²) in [6.45, 7) is 0.929. The molecule has 0 unspecified atom stereocenters. The second kappa shape index (κ2) is 3.74. The quantitative estimate of drug-likeness (QED) is 0.802. The average Bonchev–Trinajstić information content (AvgIpc) is 3.10. The number of ether oxygens (including phenoxy) is 1. The van der Waals surface area contributed by atoms with E-state index in [0.29, 0.717) is 11.4 Å². The predicted molar refractivity (Wildman–Crippen MR) is 61.5 cm³/mol. The lowest BCUT2D eigenvalue weighted by Gasteiger charge is -2.03. The summed E-state index contributed by atoms with van der Waals surface area (Å²) in [6.07, 6.45) is 5.86. The Balaban J connectivity index is 2.20. The predicted octanol–water partition coefficient (Wildman–Crippen LogP) is 1.72. The van der Waals surface area contributed by atoms with E-state index in [0.717, 1.165) is 23.5 Å². The van der Waals surface area contributed by atoms with E-state index in [4.69, 9.17) is 10.00 Å². The standard InChI is InChI=1S/C12H12N4O/c1-17-12-10-9(4-13)6-16(5-8-2-3-8)11(10)14-7-15-12/h6-8H,2-3,5H2,1H3. The molecule has 2 aromatic rings. The van der Waals surface area contributed by atoms with Crippen LogP contribution in [0.5, 0.6) is 5.88 Å². The number of methoxy groups -OCH3 is 1. The van der Waals surface area contributed by atoms with Crippen LogP contribution in [0.2, 0.25) is 0 Å². The zero-order valence-electron chi connectivity index (χ0n) is 9.55. The maximum atomic E-state index is 9.14. The largest absolute Gasteiger partial charge is 0.480 e. The highest BCUT2D eigenvalue weighted by Gasteiger charge is 2.24. The zero-order valence-corrected chi connectivity index (χ0v) is 9.55. The van der Waals surface area contributed by atoms with E-state index < -0.39 is 0 Å². The Morgan fingerprint density at radius 1 is 1.53 bits per heavy atom. The van der Waals surface area contributed by atoms with Gasteiger partial charge in [0.05, 0.1) is 18.1 Å². The van der Waals surface area contributed by atoms with Crippen LogP contribution in [0.1, 0.15) is 18.4 Å². The van der Waals surface area contributed by atoms with Crippen molar-refractivity contribution in [1.29, 1.82) is 5.26 Å². The molecule has 1 fully saturated rings. The molecule has 0 atom stereocenters. The molecular weight excluding hydrogens is 216 g/mol. The van der Waals surface area contributed by atoms with Crippen molar-refractivity contribution in [3.05, 3.63) is 18.1 Å². The molecule has 0 aliphatic heterocycles. The number of nitriles is 1. The Labute approximate surface area is 98.7 Å². The van der Waals surface area contributed by atoms with Crippen LogP contribution in [-0.2, 0) is 6.54 Å². The first-order valence-electron chi connectivity index (χ1n) is 5.61. The van der Waals surface area contributed by atoms with E-state index in [1.54, 1.807) is 7.11 Å². The van der Waals surface area contributed by atoms with Crippen molar-refractivity contribution >= 4 is 11.0 Å². The van der Waals surface area contributed by atoms with Gasteiger partial charge in [-0.25, -0.2) is 9.97 Å². The van der Waals surface area contributed by atoms with Crippen molar-refractivity contribution in [1.82, 2.24) is 14.5 Å². The van der Waals surface area contributed by atoms with Gasteiger partial charge in [-0.1, -0.05) is 0 Å². The van der Waals surface area contributed by atoms with Crippen LogP contribution in [0.3, 0.4) is 0 Å². The smallest absolute Gasteiger partial charge is 0.227 e. The molecule has 0 saturated heterocycles. The van der Waals surface area contributed by atoms with Crippen LogP contribution >= 0.6 is 0 Å². The Hall–Kier alpha value is -2.09. The maximum Gasteiger partial charge on any atom is 0.227 e. The molecule has 0 bridgehead atoms. The Bertz CT molecular complexity index is 607. The van der Waals surface area contributed by atoms with Crippen molar-refractivity contribution in [2.24, 2.45) is 5.92 Å². The first kappa shape index (κ1) is 10.1. The molecule has 3 rings (SSSR count). The molecule has 2 aromatic heterocycles. The van der Waals surface area contributed by atoms with E-state index in [-0.39, 0.29) is 0 Å². The van der Waals surface area contributed by atoms with Crippen LogP contribution < -0.4 is 4.74 Å². The van der Waals surface area contributed by atoms with E-state index in [1.807, 2.05) is 10.8 Å². The van der Waals surface area contributed by atoms with Gasteiger partial charge in [0, 0.05) is 12.7 Å². The lowest BCUT2D eigenvalue weighted by Crippen LogP contribution is -1.99. The first-order chi connectivity index (χ1) is 8.33. The van der Waals surface area contributed by atoms with Crippen molar-refractivity contribution in [3.8, 4) is 11.9 Å². The second-order valence-electron chi connectivity index (χ2n) is 4.33. The van der Waals surface area contributed by atoms with Gasteiger partial charge in [0.1, 0.15) is 18.0 Å². The van der Waals surface area contributed by atoms with Gasteiger partial charge in [-0.15, -0.1) is 0 Å². The number of hydrogen-bond acceptors (Lipinski definition) is 4. The van der Waals surface area contributed by atoms with Crippen LogP contribution in [0.4, 0.5) is 0 Å². The summed E-state index contributed by atoms with van der Waals surface area (Å²) in [5, 5.41) is 9.86. The molecule has 5 nitrogen and oxygen atoms in total. The highest BCUT2D eigenvalue weighted by atomic mass is 16.5. The van der Waals surface area contributed by atoms with Crippen molar-refractivity contribution in [2.75, 3.05) is 7.11 Å². The van der Waals surface area contributed by atoms with Gasteiger partial charge >= 0.3 is 0 Å². The SMILES string of the molecule is COc1ncnc2c1c(C#N)cn2CC1CC1. The molecule has 0 spiro atoms. The summed E-state index contributed by atoms with van der Waals surface area (Å²) < 4.78 is 7.23. The molecule has 1 aliphatic rings. The Kier molecular flexibility index (Phi) is 2.22. The zero-order chi connectivity index (χ0) is 11.8. The third kappa shape index (κ3) is 1.62. The van der Waals surface area contributed by atoms with Gasteiger partial charge in [0.15, 0.2) is 0 Å². The number of aromatic nitrogens is 3. The van der Waals surface area contributed by atoms with Crippen molar-refractivity contribution in [3.63, 3.8) is 0 Å². The molecule has 2 heterocycles.